The maximum absolute atomic E-state index is 14.3. The van der Waals surface area contributed by atoms with Crippen molar-refractivity contribution in [3.63, 3.8) is 0 Å². The van der Waals surface area contributed by atoms with Crippen LogP contribution < -0.4 is 0 Å². The Balaban J connectivity index is 1.99. The van der Waals surface area contributed by atoms with E-state index in [4.69, 9.17) is 5.11 Å². The van der Waals surface area contributed by atoms with Gasteiger partial charge >= 0.3 is 0 Å². The molecule has 0 aromatic rings. The summed E-state index contributed by atoms with van der Waals surface area (Å²) in [7, 11) is 0. The van der Waals surface area contributed by atoms with Gasteiger partial charge in [-0.25, -0.2) is 0 Å². The van der Waals surface area contributed by atoms with Gasteiger partial charge in [0.25, 0.3) is 0 Å². The van der Waals surface area contributed by atoms with Gasteiger partial charge in [-0.1, -0.05) is 31.9 Å². The van der Waals surface area contributed by atoms with Crippen LogP contribution in [0.4, 0.5) is 0 Å². The van der Waals surface area contributed by atoms with Crippen molar-refractivity contribution in [3.8, 4) is 0 Å². The zero-order valence-electron chi connectivity index (χ0n) is 23.3. The summed E-state index contributed by atoms with van der Waals surface area (Å²) in [5, 5.41) is 9.20. The van der Waals surface area contributed by atoms with E-state index in [2.05, 4.69) is 20.1 Å². The minimum Gasteiger partial charge on any atom is -0.396 e. The predicted molar refractivity (Wildman–Crippen MR) is 150 cm³/mol. The molecule has 0 radical (unpaired) electrons. The van der Waals surface area contributed by atoms with Gasteiger partial charge in [0, 0.05) is 43.6 Å². The van der Waals surface area contributed by atoms with E-state index in [-0.39, 0.29) is 29.6 Å². The van der Waals surface area contributed by atoms with E-state index in [1.165, 1.54) is 0 Å². The molecule has 3 heterocycles. The third-order valence-electron chi connectivity index (χ3n) is 8.17. The van der Waals surface area contributed by atoms with Gasteiger partial charge in [0.05, 0.1) is 16.6 Å². The average Bonchev–Trinajstić information content (AvgIpc) is 3.48. The number of hydrogen-bond donors (Lipinski definition) is 1. The van der Waals surface area contributed by atoms with Crippen LogP contribution in [0.5, 0.6) is 0 Å². The molecule has 2 bridgehead atoms. The van der Waals surface area contributed by atoms with Gasteiger partial charge in [-0.3, -0.25) is 14.4 Å². The summed E-state index contributed by atoms with van der Waals surface area (Å²) in [5.74, 6) is -0.888. The summed E-state index contributed by atoms with van der Waals surface area (Å²) < 4.78 is -0.568. The number of nitrogens with zero attached hydrogens (tertiary/aromatic N) is 3. The minimum absolute atomic E-state index is 0.0311. The third kappa shape index (κ3) is 5.65. The predicted octanol–water partition coefficient (Wildman–Crippen LogP) is 3.87. The van der Waals surface area contributed by atoms with Gasteiger partial charge in [0.1, 0.15) is 6.04 Å². The Labute approximate surface area is 227 Å². The van der Waals surface area contributed by atoms with Gasteiger partial charge in [-0.2, -0.15) is 0 Å². The van der Waals surface area contributed by atoms with Crippen molar-refractivity contribution in [2.24, 2.45) is 11.8 Å². The Bertz CT molecular complexity index is 872. The summed E-state index contributed by atoms with van der Waals surface area (Å²) in [6, 6.07) is -0.575. The SMILES string of the molecule is C=CCN(CCC)C(=O)[C@@H]1[C@@H]2CCC3(S2)C(C(=O)N(CC=C)C(C)(C)C)N(CCCCCCO)C(=O)[C@H]13. The van der Waals surface area contributed by atoms with Crippen LogP contribution in [0.25, 0.3) is 0 Å². The van der Waals surface area contributed by atoms with Crippen LogP contribution in [0.1, 0.15) is 72.6 Å². The lowest BCUT2D eigenvalue weighted by Gasteiger charge is -2.42. The van der Waals surface area contributed by atoms with Crippen molar-refractivity contribution in [2.45, 2.75) is 94.2 Å². The van der Waals surface area contributed by atoms with Crippen LogP contribution in [0.15, 0.2) is 25.3 Å². The van der Waals surface area contributed by atoms with Crippen molar-refractivity contribution in [1.82, 2.24) is 14.7 Å². The fraction of sp³-hybridized carbons (Fsp3) is 0.759. The molecular formula is C29H47N3O4S. The van der Waals surface area contributed by atoms with E-state index in [1.807, 2.05) is 35.5 Å². The lowest BCUT2D eigenvalue weighted by atomic mass is 9.70. The third-order valence-corrected chi connectivity index (χ3v) is 10.1. The lowest BCUT2D eigenvalue weighted by molar-refractivity contribution is -0.146. The van der Waals surface area contributed by atoms with E-state index >= 15 is 0 Å². The molecule has 3 aliphatic rings. The highest BCUT2D eigenvalue weighted by Gasteiger charge is 2.74. The van der Waals surface area contributed by atoms with Crippen LogP contribution in [-0.2, 0) is 14.4 Å². The van der Waals surface area contributed by atoms with E-state index in [1.54, 1.807) is 23.9 Å². The van der Waals surface area contributed by atoms with Gasteiger partial charge in [0.15, 0.2) is 0 Å². The summed E-state index contributed by atoms with van der Waals surface area (Å²) in [5.41, 5.74) is -0.422. The van der Waals surface area contributed by atoms with Crippen molar-refractivity contribution in [2.75, 3.05) is 32.8 Å². The summed E-state index contributed by atoms with van der Waals surface area (Å²) in [4.78, 5) is 47.9. The maximum atomic E-state index is 14.3. The van der Waals surface area contributed by atoms with Crippen molar-refractivity contribution < 1.29 is 19.5 Å². The second-order valence-corrected chi connectivity index (χ2v) is 13.3. The first-order valence-electron chi connectivity index (χ1n) is 14.0. The molecule has 208 valence electrons. The largest absolute Gasteiger partial charge is 0.396 e. The molecule has 3 rings (SSSR count). The summed E-state index contributed by atoms with van der Waals surface area (Å²) in [6.45, 7) is 18.0. The number of hydrogen-bond acceptors (Lipinski definition) is 5. The normalized spacial score (nSPS) is 28.4. The highest BCUT2D eigenvalue weighted by Crippen LogP contribution is 2.66. The molecule has 3 aliphatic heterocycles. The number of aliphatic hydroxyl groups is 1. The molecule has 3 amide bonds. The molecule has 37 heavy (non-hydrogen) atoms. The minimum atomic E-state index is -0.575. The van der Waals surface area contributed by atoms with Crippen molar-refractivity contribution >= 4 is 29.5 Å². The molecule has 8 heteroatoms. The molecule has 2 unspecified atom stereocenters. The van der Waals surface area contributed by atoms with E-state index in [0.717, 1.165) is 44.9 Å². The van der Waals surface area contributed by atoms with Crippen LogP contribution >= 0.6 is 11.8 Å². The monoisotopic (exact) mass is 533 g/mol. The first-order valence-corrected chi connectivity index (χ1v) is 14.9. The van der Waals surface area contributed by atoms with Crippen LogP contribution in [0.2, 0.25) is 0 Å². The summed E-state index contributed by atoms with van der Waals surface area (Å²) >= 11 is 1.73. The fourth-order valence-electron chi connectivity index (χ4n) is 6.60. The fourth-order valence-corrected chi connectivity index (χ4v) is 8.81. The number of unbranched alkanes of at least 4 members (excludes halogenated alkanes) is 3. The smallest absolute Gasteiger partial charge is 0.247 e. The van der Waals surface area contributed by atoms with Gasteiger partial charge < -0.3 is 19.8 Å². The van der Waals surface area contributed by atoms with Crippen LogP contribution in [0, 0.1) is 11.8 Å². The quantitative estimate of drug-likeness (QED) is 0.271. The Hall–Kier alpha value is -1.80. The number of aliphatic hydroxyl groups excluding tert-OH is 1. The van der Waals surface area contributed by atoms with Gasteiger partial charge in [-0.15, -0.1) is 24.9 Å². The molecular weight excluding hydrogens is 486 g/mol. The number of fused-ring (bicyclic) bond motifs is 1. The molecule has 0 aromatic carbocycles. The first kappa shape index (κ1) is 29.8. The number of carbonyl (C=O) groups is 3. The Kier molecular flexibility index (Phi) is 9.95. The number of rotatable bonds is 14. The van der Waals surface area contributed by atoms with E-state index in [9.17, 15) is 14.4 Å². The topological polar surface area (TPSA) is 81.2 Å². The van der Waals surface area contributed by atoms with Crippen molar-refractivity contribution in [3.05, 3.63) is 25.3 Å². The number of carbonyl (C=O) groups excluding carboxylic acids is 3. The molecule has 7 nitrogen and oxygen atoms in total. The lowest BCUT2D eigenvalue weighted by Crippen LogP contribution is -2.58. The number of amides is 3. The molecule has 5 atom stereocenters. The molecule has 3 saturated heterocycles. The standard InChI is InChI=1S/C29H47N3O4S/c1-7-16-30(17-8-2)25(34)22-21-14-15-29(37-21)23(22)26(35)31(19-12-10-11-13-20-33)24(29)27(36)32(18-9-3)28(4,5)6/h7,9,21-24,33H,1,3,8,10-20H2,2,4-6H3/t21-,22+,23-,24?,29?/m0/s1. The van der Waals surface area contributed by atoms with E-state index in [0.29, 0.717) is 26.2 Å². The molecule has 1 N–H and O–H groups in total. The zero-order chi connectivity index (χ0) is 27.4. The molecule has 1 spiro atoms. The highest BCUT2D eigenvalue weighted by atomic mass is 32.2. The molecule has 0 saturated carbocycles. The molecule has 0 aliphatic carbocycles. The highest BCUT2D eigenvalue weighted by molar-refractivity contribution is 8.02. The first-order chi connectivity index (χ1) is 17.6. The van der Waals surface area contributed by atoms with Crippen molar-refractivity contribution in [1.29, 1.82) is 0 Å². The Morgan fingerprint density at radius 2 is 1.81 bits per heavy atom. The van der Waals surface area contributed by atoms with Crippen LogP contribution in [0.3, 0.4) is 0 Å². The summed E-state index contributed by atoms with van der Waals surface area (Å²) in [6.07, 6.45) is 9.27. The van der Waals surface area contributed by atoms with E-state index < -0.39 is 28.2 Å². The van der Waals surface area contributed by atoms with Gasteiger partial charge in [0.2, 0.25) is 17.7 Å². The Morgan fingerprint density at radius 1 is 1.14 bits per heavy atom. The average molecular weight is 534 g/mol. The molecule has 3 fully saturated rings. The molecule has 0 aromatic heterocycles. The number of likely N-dealkylation sites (tertiary alicyclic amines) is 1. The number of thioether (sulfide) groups is 1. The Morgan fingerprint density at radius 3 is 2.41 bits per heavy atom. The zero-order valence-corrected chi connectivity index (χ0v) is 24.1. The van der Waals surface area contributed by atoms with Crippen LogP contribution in [-0.4, -0.2) is 91.9 Å². The second-order valence-electron chi connectivity index (χ2n) is 11.7. The van der Waals surface area contributed by atoms with Gasteiger partial charge in [-0.05, 0) is 52.9 Å². The second kappa shape index (κ2) is 12.4. The maximum Gasteiger partial charge on any atom is 0.247 e.